The zero-order chi connectivity index (χ0) is 10.9. The number of benzene rings is 1. The highest BCUT2D eigenvalue weighted by Crippen LogP contribution is 2.29. The SMILES string of the molecule is O=C(O)C(O)c1c(F)ccc(F)c1O. The third-order valence-electron chi connectivity index (χ3n) is 1.62. The number of rotatable bonds is 2. The second-order valence-electron chi connectivity index (χ2n) is 2.53. The molecule has 0 aromatic heterocycles. The van der Waals surface area contributed by atoms with Gasteiger partial charge in [-0.1, -0.05) is 0 Å². The molecule has 1 rings (SSSR count). The summed E-state index contributed by atoms with van der Waals surface area (Å²) in [6.07, 6.45) is -2.29. The first-order chi connectivity index (χ1) is 6.45. The van der Waals surface area contributed by atoms with Crippen molar-refractivity contribution in [1.82, 2.24) is 0 Å². The van der Waals surface area contributed by atoms with E-state index >= 15 is 0 Å². The highest BCUT2D eigenvalue weighted by molar-refractivity contribution is 5.75. The number of aliphatic hydroxyl groups excluding tert-OH is 1. The van der Waals surface area contributed by atoms with Crippen LogP contribution in [0.25, 0.3) is 0 Å². The molecule has 0 aliphatic carbocycles. The largest absolute Gasteiger partial charge is 0.504 e. The third kappa shape index (κ3) is 1.64. The molecule has 76 valence electrons. The van der Waals surface area contributed by atoms with Gasteiger partial charge in [0.2, 0.25) is 0 Å². The molecule has 0 amide bonds. The Morgan fingerprint density at radius 1 is 1.29 bits per heavy atom. The fourth-order valence-electron chi connectivity index (χ4n) is 0.940. The number of hydrogen-bond acceptors (Lipinski definition) is 3. The van der Waals surface area contributed by atoms with E-state index in [-0.39, 0.29) is 0 Å². The number of carboxylic acids is 1. The number of halogens is 2. The van der Waals surface area contributed by atoms with Crippen LogP contribution >= 0.6 is 0 Å². The standard InChI is InChI=1S/C8H6F2O4/c9-3-1-2-4(10)6(11)5(3)7(12)8(13)14/h1-2,7,11-12H,(H,13,14). The molecule has 14 heavy (non-hydrogen) atoms. The average Bonchev–Trinajstić information content (AvgIpc) is 2.12. The van der Waals surface area contributed by atoms with Crippen molar-refractivity contribution < 1.29 is 28.9 Å². The Bertz CT molecular complexity index is 378. The zero-order valence-corrected chi connectivity index (χ0v) is 6.74. The van der Waals surface area contributed by atoms with Crippen LogP contribution in [0.1, 0.15) is 11.7 Å². The summed E-state index contributed by atoms with van der Waals surface area (Å²) in [5.74, 6) is -5.34. The number of carboxylic acid groups (broad SMARTS) is 1. The van der Waals surface area contributed by atoms with Crippen LogP contribution in [-0.2, 0) is 4.79 Å². The van der Waals surface area contributed by atoms with Crippen molar-refractivity contribution in [2.24, 2.45) is 0 Å². The second kappa shape index (κ2) is 3.59. The molecular weight excluding hydrogens is 198 g/mol. The summed E-state index contributed by atoms with van der Waals surface area (Å²) >= 11 is 0. The molecule has 1 aromatic carbocycles. The summed E-state index contributed by atoms with van der Waals surface area (Å²) in [4.78, 5) is 10.3. The van der Waals surface area contributed by atoms with Gasteiger partial charge in [0, 0.05) is 0 Å². The maximum absolute atomic E-state index is 12.9. The predicted octanol–water partition coefficient (Wildman–Crippen LogP) is 0.788. The number of phenols is 1. The summed E-state index contributed by atoms with van der Waals surface area (Å²) in [6, 6.07) is 1.25. The number of aliphatic hydroxyl groups is 1. The van der Waals surface area contributed by atoms with Crippen molar-refractivity contribution in [3.05, 3.63) is 29.3 Å². The molecule has 0 aliphatic heterocycles. The van der Waals surface area contributed by atoms with Crippen LogP contribution in [0.2, 0.25) is 0 Å². The number of aromatic hydroxyl groups is 1. The molecule has 0 heterocycles. The minimum absolute atomic E-state index is 0.622. The molecule has 6 heteroatoms. The number of phenolic OH excluding ortho intramolecular Hbond substituents is 1. The number of aliphatic carboxylic acids is 1. The Morgan fingerprint density at radius 3 is 2.29 bits per heavy atom. The third-order valence-corrected chi connectivity index (χ3v) is 1.62. The van der Waals surface area contributed by atoms with Gasteiger partial charge in [0.15, 0.2) is 17.7 Å². The Morgan fingerprint density at radius 2 is 1.79 bits per heavy atom. The molecule has 0 aliphatic rings. The van der Waals surface area contributed by atoms with E-state index in [0.29, 0.717) is 12.1 Å². The number of hydrogen-bond donors (Lipinski definition) is 3. The lowest BCUT2D eigenvalue weighted by Crippen LogP contribution is -2.12. The van der Waals surface area contributed by atoms with E-state index in [4.69, 9.17) is 15.3 Å². The minimum Gasteiger partial charge on any atom is -0.504 e. The summed E-state index contributed by atoms with van der Waals surface area (Å²) in [6.45, 7) is 0. The van der Waals surface area contributed by atoms with E-state index in [1.165, 1.54) is 0 Å². The lowest BCUT2D eigenvalue weighted by molar-refractivity contribution is -0.147. The number of carbonyl (C=O) groups is 1. The van der Waals surface area contributed by atoms with Gasteiger partial charge in [0.25, 0.3) is 0 Å². The van der Waals surface area contributed by atoms with Crippen LogP contribution < -0.4 is 0 Å². The van der Waals surface area contributed by atoms with Gasteiger partial charge in [0.1, 0.15) is 5.82 Å². The Hall–Kier alpha value is -1.69. The molecule has 0 fully saturated rings. The van der Waals surface area contributed by atoms with Crippen molar-refractivity contribution in [2.45, 2.75) is 6.10 Å². The first kappa shape index (κ1) is 10.4. The molecule has 1 unspecified atom stereocenters. The molecule has 1 atom stereocenters. The molecule has 0 bridgehead atoms. The molecule has 1 aromatic rings. The molecule has 0 saturated carbocycles. The van der Waals surface area contributed by atoms with Gasteiger partial charge in [-0.3, -0.25) is 0 Å². The van der Waals surface area contributed by atoms with E-state index in [1.807, 2.05) is 0 Å². The van der Waals surface area contributed by atoms with Gasteiger partial charge in [-0.05, 0) is 12.1 Å². The molecule has 0 spiro atoms. The van der Waals surface area contributed by atoms with Crippen molar-refractivity contribution in [1.29, 1.82) is 0 Å². The lowest BCUT2D eigenvalue weighted by Gasteiger charge is -2.09. The minimum atomic E-state index is -2.29. The Kier molecular flexibility index (Phi) is 2.66. The fourth-order valence-corrected chi connectivity index (χ4v) is 0.940. The quantitative estimate of drug-likeness (QED) is 0.665. The smallest absolute Gasteiger partial charge is 0.337 e. The van der Waals surface area contributed by atoms with Gasteiger partial charge in [0.05, 0.1) is 5.56 Å². The van der Waals surface area contributed by atoms with Crippen molar-refractivity contribution in [2.75, 3.05) is 0 Å². The van der Waals surface area contributed by atoms with Gasteiger partial charge < -0.3 is 15.3 Å². The first-order valence-corrected chi connectivity index (χ1v) is 3.53. The van der Waals surface area contributed by atoms with Crippen molar-refractivity contribution in [3.63, 3.8) is 0 Å². The van der Waals surface area contributed by atoms with E-state index in [9.17, 15) is 13.6 Å². The maximum atomic E-state index is 12.9. The monoisotopic (exact) mass is 204 g/mol. The normalized spacial score (nSPS) is 12.5. The van der Waals surface area contributed by atoms with Crippen LogP contribution in [-0.4, -0.2) is 21.3 Å². The van der Waals surface area contributed by atoms with Crippen LogP contribution in [0.15, 0.2) is 12.1 Å². The highest BCUT2D eigenvalue weighted by atomic mass is 19.1. The molecular formula is C8H6F2O4. The van der Waals surface area contributed by atoms with Gasteiger partial charge >= 0.3 is 5.97 Å². The van der Waals surface area contributed by atoms with Gasteiger partial charge in [-0.2, -0.15) is 0 Å². The van der Waals surface area contributed by atoms with Crippen LogP contribution in [0.4, 0.5) is 8.78 Å². The van der Waals surface area contributed by atoms with Crippen LogP contribution in [0, 0.1) is 11.6 Å². The zero-order valence-electron chi connectivity index (χ0n) is 6.74. The van der Waals surface area contributed by atoms with Crippen molar-refractivity contribution in [3.8, 4) is 5.75 Å². The summed E-state index contributed by atoms with van der Waals surface area (Å²) in [7, 11) is 0. The average molecular weight is 204 g/mol. The van der Waals surface area contributed by atoms with Crippen LogP contribution in [0.3, 0.4) is 0 Å². The summed E-state index contributed by atoms with van der Waals surface area (Å²) in [5, 5.41) is 26.2. The van der Waals surface area contributed by atoms with Gasteiger partial charge in [-0.25, -0.2) is 13.6 Å². The Balaban J connectivity index is 3.32. The maximum Gasteiger partial charge on any atom is 0.337 e. The Labute approximate surface area is 77.0 Å². The fraction of sp³-hybridized carbons (Fsp3) is 0.125. The molecule has 0 saturated heterocycles. The van der Waals surface area contributed by atoms with Gasteiger partial charge in [-0.15, -0.1) is 0 Å². The molecule has 3 N–H and O–H groups in total. The van der Waals surface area contributed by atoms with E-state index in [2.05, 4.69) is 0 Å². The van der Waals surface area contributed by atoms with Crippen molar-refractivity contribution >= 4 is 5.97 Å². The topological polar surface area (TPSA) is 77.8 Å². The predicted molar refractivity (Wildman–Crippen MR) is 40.6 cm³/mol. The second-order valence-corrected chi connectivity index (χ2v) is 2.53. The molecule has 0 radical (unpaired) electrons. The highest BCUT2D eigenvalue weighted by Gasteiger charge is 2.25. The summed E-state index contributed by atoms with van der Waals surface area (Å²) < 4.78 is 25.6. The molecule has 4 nitrogen and oxygen atoms in total. The first-order valence-electron chi connectivity index (χ1n) is 3.53. The lowest BCUT2D eigenvalue weighted by atomic mass is 10.1. The summed E-state index contributed by atoms with van der Waals surface area (Å²) in [5.41, 5.74) is -0.975. The van der Waals surface area contributed by atoms with E-state index in [1.54, 1.807) is 0 Å². The van der Waals surface area contributed by atoms with E-state index < -0.39 is 35.0 Å². The van der Waals surface area contributed by atoms with E-state index in [0.717, 1.165) is 0 Å². The van der Waals surface area contributed by atoms with Crippen LogP contribution in [0.5, 0.6) is 5.75 Å².